The quantitative estimate of drug-likeness (QED) is 0.349. The highest BCUT2D eigenvalue weighted by atomic mass is 16.3. The van der Waals surface area contributed by atoms with Crippen LogP contribution in [0.25, 0.3) is 0 Å². The molecule has 0 heterocycles. The zero-order chi connectivity index (χ0) is 9.14. The number of phenolic OH excluding ortho intramolecular Hbond substituents is 1. The van der Waals surface area contributed by atoms with Crippen LogP contribution in [0.4, 0.5) is 5.69 Å². The molecule has 1 rings (SSSR count). The second-order valence-electron chi connectivity index (χ2n) is 2.57. The molecule has 1 unspecified atom stereocenters. The fourth-order valence-corrected chi connectivity index (χ4v) is 0.978. The molecule has 0 saturated heterocycles. The van der Waals surface area contributed by atoms with Gasteiger partial charge in [-0.25, -0.2) is 0 Å². The first-order chi connectivity index (χ1) is 5.65. The molecule has 0 radical (unpaired) electrons. The third-order valence-corrected chi connectivity index (χ3v) is 1.68. The smallest absolute Gasteiger partial charge is 0.116 e. The Morgan fingerprint density at radius 2 is 2.17 bits per heavy atom. The summed E-state index contributed by atoms with van der Waals surface area (Å²) in [5.41, 5.74) is 12.6. The van der Waals surface area contributed by atoms with Gasteiger partial charge in [-0.05, 0) is 23.8 Å². The number of aromatic hydroxyl groups is 1. The Bertz CT molecular complexity index is 297. The average Bonchev–Trinajstić information content (AvgIpc) is 2.08. The number of hydrogen-bond acceptors (Lipinski definition) is 3. The second-order valence-corrected chi connectivity index (χ2v) is 2.57. The molecule has 3 nitrogen and oxygen atoms in total. The van der Waals surface area contributed by atoms with E-state index >= 15 is 0 Å². The molecule has 0 aromatic heterocycles. The first-order valence-electron chi connectivity index (χ1n) is 3.61. The van der Waals surface area contributed by atoms with Gasteiger partial charge in [-0.3, -0.25) is 0 Å². The summed E-state index contributed by atoms with van der Waals surface area (Å²) in [5.74, 6) is 0.163. The van der Waals surface area contributed by atoms with Gasteiger partial charge in [0.25, 0.3) is 0 Å². The fraction of sp³-hybridized carbons (Fsp3) is 0.111. The minimum atomic E-state index is -0.322. The van der Waals surface area contributed by atoms with Gasteiger partial charge in [0.2, 0.25) is 0 Å². The highest BCUT2D eigenvalue weighted by Gasteiger charge is 2.05. The molecule has 1 aromatic carbocycles. The van der Waals surface area contributed by atoms with Crippen molar-refractivity contribution in [3.05, 3.63) is 36.4 Å². The van der Waals surface area contributed by atoms with Crippen LogP contribution in [0.5, 0.6) is 5.75 Å². The van der Waals surface area contributed by atoms with Crippen LogP contribution in [-0.4, -0.2) is 5.11 Å². The van der Waals surface area contributed by atoms with E-state index in [-0.39, 0.29) is 11.8 Å². The van der Waals surface area contributed by atoms with Crippen LogP contribution in [0.15, 0.2) is 30.9 Å². The van der Waals surface area contributed by atoms with Crippen molar-refractivity contribution in [3.63, 3.8) is 0 Å². The summed E-state index contributed by atoms with van der Waals surface area (Å²) in [6, 6.07) is 4.36. The maximum atomic E-state index is 9.14. The van der Waals surface area contributed by atoms with E-state index in [1.807, 2.05) is 0 Å². The number of hydrogen-bond donors (Lipinski definition) is 3. The maximum Gasteiger partial charge on any atom is 0.116 e. The lowest BCUT2D eigenvalue weighted by atomic mass is 10.1. The molecule has 0 amide bonds. The zero-order valence-electron chi connectivity index (χ0n) is 6.70. The van der Waals surface area contributed by atoms with Gasteiger partial charge in [-0.15, -0.1) is 6.58 Å². The molecule has 1 atom stereocenters. The van der Waals surface area contributed by atoms with Crippen molar-refractivity contribution in [2.75, 3.05) is 5.73 Å². The molecule has 0 fully saturated rings. The predicted octanol–water partition coefficient (Wildman–Crippen LogP) is 1.16. The normalized spacial score (nSPS) is 12.4. The van der Waals surface area contributed by atoms with Gasteiger partial charge < -0.3 is 16.6 Å². The molecule has 0 saturated carbocycles. The van der Waals surface area contributed by atoms with Crippen LogP contribution in [0.1, 0.15) is 11.6 Å². The largest absolute Gasteiger partial charge is 0.508 e. The van der Waals surface area contributed by atoms with Gasteiger partial charge in [0.1, 0.15) is 5.75 Å². The molecule has 0 aliphatic carbocycles. The summed E-state index contributed by atoms with van der Waals surface area (Å²) < 4.78 is 0. The van der Waals surface area contributed by atoms with Gasteiger partial charge in [0, 0.05) is 11.7 Å². The standard InChI is InChI=1S/C9H12N2O/c1-2-8(10)7-5-6(12)3-4-9(7)11/h2-5,8,12H,1,10-11H2. The lowest BCUT2D eigenvalue weighted by molar-refractivity contribution is 0.474. The van der Waals surface area contributed by atoms with E-state index in [1.54, 1.807) is 18.2 Å². The van der Waals surface area contributed by atoms with Crippen molar-refractivity contribution >= 4 is 5.69 Å². The van der Waals surface area contributed by atoms with Crippen molar-refractivity contribution in [2.45, 2.75) is 6.04 Å². The van der Waals surface area contributed by atoms with E-state index in [1.165, 1.54) is 6.07 Å². The lowest BCUT2D eigenvalue weighted by Gasteiger charge is -2.09. The summed E-state index contributed by atoms with van der Waals surface area (Å²) in [4.78, 5) is 0. The van der Waals surface area contributed by atoms with E-state index in [0.717, 1.165) is 0 Å². The number of phenols is 1. The van der Waals surface area contributed by atoms with Crippen LogP contribution in [0, 0.1) is 0 Å². The second kappa shape index (κ2) is 3.28. The highest BCUT2D eigenvalue weighted by Crippen LogP contribution is 2.23. The summed E-state index contributed by atoms with van der Waals surface area (Å²) in [7, 11) is 0. The number of benzene rings is 1. The molecular weight excluding hydrogens is 152 g/mol. The summed E-state index contributed by atoms with van der Waals surface area (Å²) in [6.45, 7) is 3.55. The first kappa shape index (κ1) is 8.62. The van der Waals surface area contributed by atoms with Crippen LogP contribution in [0.2, 0.25) is 0 Å². The van der Waals surface area contributed by atoms with Crippen molar-refractivity contribution in [3.8, 4) is 5.75 Å². The number of nitrogen functional groups attached to an aromatic ring is 1. The molecule has 5 N–H and O–H groups in total. The fourth-order valence-electron chi connectivity index (χ4n) is 0.978. The number of anilines is 1. The van der Waals surface area contributed by atoms with E-state index in [9.17, 15) is 0 Å². The Morgan fingerprint density at radius 1 is 1.50 bits per heavy atom. The van der Waals surface area contributed by atoms with Gasteiger partial charge in [-0.1, -0.05) is 6.08 Å². The van der Waals surface area contributed by atoms with Crippen LogP contribution in [-0.2, 0) is 0 Å². The Morgan fingerprint density at radius 3 is 2.75 bits per heavy atom. The topological polar surface area (TPSA) is 72.3 Å². The monoisotopic (exact) mass is 164 g/mol. The summed E-state index contributed by atoms with van der Waals surface area (Å²) in [6.07, 6.45) is 1.57. The Balaban J connectivity index is 3.12. The molecule has 0 bridgehead atoms. The average molecular weight is 164 g/mol. The molecule has 64 valence electrons. The van der Waals surface area contributed by atoms with Gasteiger partial charge >= 0.3 is 0 Å². The number of nitrogens with two attached hydrogens (primary N) is 2. The third kappa shape index (κ3) is 1.57. The molecule has 0 aliphatic rings. The first-order valence-corrected chi connectivity index (χ1v) is 3.61. The van der Waals surface area contributed by atoms with E-state index in [2.05, 4.69) is 6.58 Å². The maximum absolute atomic E-state index is 9.14. The minimum absolute atomic E-state index is 0.163. The Kier molecular flexibility index (Phi) is 2.35. The van der Waals surface area contributed by atoms with Crippen molar-refractivity contribution in [1.82, 2.24) is 0 Å². The highest BCUT2D eigenvalue weighted by molar-refractivity contribution is 5.52. The van der Waals surface area contributed by atoms with Crippen LogP contribution < -0.4 is 11.5 Å². The molecular formula is C9H12N2O. The van der Waals surface area contributed by atoms with E-state index in [4.69, 9.17) is 16.6 Å². The lowest BCUT2D eigenvalue weighted by Crippen LogP contribution is -2.08. The molecule has 12 heavy (non-hydrogen) atoms. The number of rotatable bonds is 2. The predicted molar refractivity (Wildman–Crippen MR) is 49.6 cm³/mol. The minimum Gasteiger partial charge on any atom is -0.508 e. The summed E-state index contributed by atoms with van der Waals surface area (Å²) in [5, 5.41) is 9.14. The van der Waals surface area contributed by atoms with Crippen molar-refractivity contribution in [1.29, 1.82) is 0 Å². The van der Waals surface area contributed by atoms with Gasteiger partial charge in [0.05, 0.1) is 0 Å². The zero-order valence-corrected chi connectivity index (χ0v) is 6.70. The molecule has 0 aliphatic heterocycles. The van der Waals surface area contributed by atoms with Crippen molar-refractivity contribution in [2.24, 2.45) is 5.73 Å². The third-order valence-electron chi connectivity index (χ3n) is 1.68. The summed E-state index contributed by atoms with van der Waals surface area (Å²) >= 11 is 0. The molecule has 1 aromatic rings. The van der Waals surface area contributed by atoms with Gasteiger partial charge in [-0.2, -0.15) is 0 Å². The molecule has 0 spiro atoms. The van der Waals surface area contributed by atoms with E-state index < -0.39 is 0 Å². The molecule has 3 heteroatoms. The SMILES string of the molecule is C=CC(N)c1cc(O)ccc1N. The van der Waals surface area contributed by atoms with E-state index in [0.29, 0.717) is 11.3 Å². The van der Waals surface area contributed by atoms with Crippen LogP contribution in [0.3, 0.4) is 0 Å². The van der Waals surface area contributed by atoms with Gasteiger partial charge in [0.15, 0.2) is 0 Å². The Hall–Kier alpha value is -1.48. The Labute approximate surface area is 71.3 Å². The van der Waals surface area contributed by atoms with Crippen molar-refractivity contribution < 1.29 is 5.11 Å². The van der Waals surface area contributed by atoms with Crippen LogP contribution >= 0.6 is 0 Å².